The molecule has 1 heteroatoms. The van der Waals surface area contributed by atoms with Crippen LogP contribution in [0, 0.1) is 0 Å². The van der Waals surface area contributed by atoms with Gasteiger partial charge in [0.2, 0.25) is 0 Å². The van der Waals surface area contributed by atoms with Gasteiger partial charge in [-0.15, -0.1) is 0 Å². The summed E-state index contributed by atoms with van der Waals surface area (Å²) < 4.78 is 0. The molecule has 0 radical (unpaired) electrons. The summed E-state index contributed by atoms with van der Waals surface area (Å²) in [7, 11) is 0. The van der Waals surface area contributed by atoms with Gasteiger partial charge in [0.05, 0.1) is 0 Å². The van der Waals surface area contributed by atoms with Gasteiger partial charge in [0.15, 0.2) is 0 Å². The minimum atomic E-state index is 0.361. The number of aryl methyl sites for hydroxylation is 3. The van der Waals surface area contributed by atoms with E-state index in [9.17, 15) is 5.11 Å². The number of fused-ring (bicyclic) bond motifs is 2. The summed E-state index contributed by atoms with van der Waals surface area (Å²) in [6, 6.07) is 12.5. The Morgan fingerprint density at radius 3 is 2.29 bits per heavy atom. The maximum absolute atomic E-state index is 9.66. The topological polar surface area (TPSA) is 20.2 Å². The lowest BCUT2D eigenvalue weighted by Crippen LogP contribution is -2.00. The number of hydrogen-bond donors (Lipinski definition) is 1. The molecule has 1 N–H and O–H groups in total. The molecule has 2 aromatic rings. The molecule has 0 unspecified atom stereocenters. The van der Waals surface area contributed by atoms with Crippen molar-refractivity contribution in [2.75, 3.05) is 0 Å². The molecule has 0 amide bonds. The Kier molecular flexibility index (Phi) is 4.10. The van der Waals surface area contributed by atoms with Crippen molar-refractivity contribution in [2.45, 2.75) is 39.0 Å². The van der Waals surface area contributed by atoms with Crippen molar-refractivity contribution in [3.05, 3.63) is 64.2 Å². The number of rotatable bonds is 3. The van der Waals surface area contributed by atoms with Crippen molar-refractivity contribution in [1.82, 2.24) is 0 Å². The fourth-order valence-electron chi connectivity index (χ4n) is 2.99. The minimum absolute atomic E-state index is 0.361. The lowest BCUT2D eigenvalue weighted by Gasteiger charge is -2.14. The predicted octanol–water partition coefficient (Wildman–Crippen LogP) is 5.00. The van der Waals surface area contributed by atoms with E-state index >= 15 is 0 Å². The average Bonchev–Trinajstić information content (AvgIpc) is 2.48. The van der Waals surface area contributed by atoms with Crippen LogP contribution in [-0.2, 0) is 19.3 Å². The Hall–Kier alpha value is -2.02. The molecular formula is C20H22O. The summed E-state index contributed by atoms with van der Waals surface area (Å²) in [6.07, 6.45) is 10.1. The molecule has 0 spiro atoms. The van der Waals surface area contributed by atoms with Crippen LogP contribution in [0.4, 0.5) is 0 Å². The van der Waals surface area contributed by atoms with E-state index in [2.05, 4.69) is 37.3 Å². The maximum atomic E-state index is 9.66. The third-order valence-corrected chi connectivity index (χ3v) is 4.26. The van der Waals surface area contributed by atoms with Crippen molar-refractivity contribution >= 4 is 12.2 Å². The van der Waals surface area contributed by atoms with E-state index in [1.54, 1.807) is 6.07 Å². The third-order valence-electron chi connectivity index (χ3n) is 4.26. The molecule has 1 aliphatic carbocycles. The quantitative estimate of drug-likeness (QED) is 0.837. The van der Waals surface area contributed by atoms with E-state index in [4.69, 9.17) is 0 Å². The monoisotopic (exact) mass is 278 g/mol. The van der Waals surface area contributed by atoms with Gasteiger partial charge in [-0.2, -0.15) is 0 Å². The Labute approximate surface area is 127 Å². The Morgan fingerprint density at radius 2 is 1.57 bits per heavy atom. The van der Waals surface area contributed by atoms with Gasteiger partial charge in [0.1, 0.15) is 5.75 Å². The van der Waals surface area contributed by atoms with Crippen LogP contribution in [-0.4, -0.2) is 5.11 Å². The number of benzene rings is 2. The van der Waals surface area contributed by atoms with Crippen molar-refractivity contribution in [3.8, 4) is 5.75 Å². The van der Waals surface area contributed by atoms with Crippen LogP contribution in [0.25, 0.3) is 12.2 Å². The molecule has 3 rings (SSSR count). The predicted molar refractivity (Wildman–Crippen MR) is 89.5 cm³/mol. The van der Waals surface area contributed by atoms with Gasteiger partial charge in [-0.1, -0.05) is 49.8 Å². The highest BCUT2D eigenvalue weighted by atomic mass is 16.3. The van der Waals surface area contributed by atoms with Crippen molar-refractivity contribution < 1.29 is 5.11 Å². The first-order valence-corrected chi connectivity index (χ1v) is 7.88. The van der Waals surface area contributed by atoms with E-state index in [-0.39, 0.29) is 0 Å². The molecule has 1 nitrogen and oxygen atoms in total. The molecule has 21 heavy (non-hydrogen) atoms. The Bertz CT molecular complexity index is 668. The number of phenolic OH excluding ortho intramolecular Hbond substituents is 1. The summed E-state index contributed by atoms with van der Waals surface area (Å²) in [5.41, 5.74) is 6.65. The highest BCUT2D eigenvalue weighted by Crippen LogP contribution is 2.26. The van der Waals surface area contributed by atoms with Crippen LogP contribution < -0.4 is 0 Å². The smallest absolute Gasteiger partial charge is 0.115 e. The summed E-state index contributed by atoms with van der Waals surface area (Å²) in [6.45, 7) is 2.24. The van der Waals surface area contributed by atoms with Gasteiger partial charge in [-0.05, 0) is 65.6 Å². The molecule has 0 heterocycles. The van der Waals surface area contributed by atoms with Gasteiger partial charge >= 0.3 is 0 Å². The molecule has 0 saturated carbocycles. The second-order valence-electron chi connectivity index (χ2n) is 5.85. The van der Waals surface area contributed by atoms with E-state index in [0.717, 1.165) is 12.8 Å². The van der Waals surface area contributed by atoms with Gasteiger partial charge in [-0.3, -0.25) is 0 Å². The van der Waals surface area contributed by atoms with Crippen LogP contribution in [0.2, 0.25) is 0 Å². The third kappa shape index (κ3) is 3.18. The highest BCUT2D eigenvalue weighted by Gasteiger charge is 2.09. The van der Waals surface area contributed by atoms with Crippen LogP contribution in [0.5, 0.6) is 5.75 Å². The number of phenols is 1. The molecule has 0 aromatic heterocycles. The highest BCUT2D eigenvalue weighted by molar-refractivity contribution is 5.74. The fourth-order valence-corrected chi connectivity index (χ4v) is 2.99. The fraction of sp³-hybridized carbons (Fsp3) is 0.300. The van der Waals surface area contributed by atoms with Crippen molar-refractivity contribution in [1.29, 1.82) is 0 Å². The second kappa shape index (κ2) is 6.17. The zero-order valence-corrected chi connectivity index (χ0v) is 12.6. The lowest BCUT2D eigenvalue weighted by molar-refractivity contribution is 0.474. The molecular weight excluding hydrogens is 256 g/mol. The molecule has 1 aliphatic rings. The minimum Gasteiger partial charge on any atom is -0.508 e. The van der Waals surface area contributed by atoms with Gasteiger partial charge in [0.25, 0.3) is 0 Å². The summed E-state index contributed by atoms with van der Waals surface area (Å²) in [4.78, 5) is 0. The SMILES string of the molecule is CCCCc1ccc2c(c1)CCc1cc(O)ccc1C=C2. The Balaban J connectivity index is 1.92. The maximum Gasteiger partial charge on any atom is 0.115 e. The first-order valence-electron chi connectivity index (χ1n) is 7.88. The van der Waals surface area contributed by atoms with Crippen LogP contribution in [0.15, 0.2) is 36.4 Å². The number of unbranched alkanes of at least 4 members (excludes halogenated alkanes) is 1. The van der Waals surface area contributed by atoms with E-state index in [1.807, 2.05) is 12.1 Å². The molecule has 0 aliphatic heterocycles. The van der Waals surface area contributed by atoms with Gasteiger partial charge in [-0.25, -0.2) is 0 Å². The standard InChI is InChI=1S/C20H22O/c1-2-3-4-15-5-6-16-7-8-17-11-12-20(21)14-19(17)10-9-18(16)13-15/h5-8,11-14,21H,2-4,9-10H2,1H3. The van der Waals surface area contributed by atoms with Gasteiger partial charge in [0, 0.05) is 0 Å². The normalized spacial score (nSPS) is 13.2. The number of aromatic hydroxyl groups is 1. The van der Waals surface area contributed by atoms with Crippen LogP contribution in [0.1, 0.15) is 47.6 Å². The van der Waals surface area contributed by atoms with Crippen LogP contribution in [0.3, 0.4) is 0 Å². The number of hydrogen-bond acceptors (Lipinski definition) is 1. The van der Waals surface area contributed by atoms with Crippen LogP contribution >= 0.6 is 0 Å². The average molecular weight is 278 g/mol. The van der Waals surface area contributed by atoms with Crippen molar-refractivity contribution in [3.63, 3.8) is 0 Å². The molecule has 0 atom stereocenters. The largest absolute Gasteiger partial charge is 0.508 e. The van der Waals surface area contributed by atoms with Crippen molar-refractivity contribution in [2.24, 2.45) is 0 Å². The molecule has 2 aromatic carbocycles. The zero-order valence-electron chi connectivity index (χ0n) is 12.6. The van der Waals surface area contributed by atoms with E-state index < -0.39 is 0 Å². The Morgan fingerprint density at radius 1 is 0.905 bits per heavy atom. The summed E-state index contributed by atoms with van der Waals surface area (Å²) >= 11 is 0. The zero-order chi connectivity index (χ0) is 14.7. The van der Waals surface area contributed by atoms with E-state index in [1.165, 1.54) is 47.1 Å². The lowest BCUT2D eigenvalue weighted by atomic mass is 9.91. The first kappa shape index (κ1) is 13.9. The molecule has 0 saturated heterocycles. The second-order valence-corrected chi connectivity index (χ2v) is 5.85. The van der Waals surface area contributed by atoms with Gasteiger partial charge < -0.3 is 5.11 Å². The first-order chi connectivity index (χ1) is 10.3. The molecule has 108 valence electrons. The molecule has 0 bridgehead atoms. The summed E-state index contributed by atoms with van der Waals surface area (Å²) in [5.74, 6) is 0.361. The molecule has 0 fully saturated rings. The summed E-state index contributed by atoms with van der Waals surface area (Å²) in [5, 5.41) is 9.66. The van der Waals surface area contributed by atoms with E-state index in [0.29, 0.717) is 5.75 Å².